The normalized spacial score (nSPS) is 16.1. The molecule has 0 aromatic carbocycles. The molecule has 1 aromatic rings. The molecular weight excluding hydrogens is 314 g/mol. The van der Waals surface area contributed by atoms with Crippen LogP contribution in [0, 0.1) is 0 Å². The smallest absolute Gasteiger partial charge is 0.410 e. The summed E-state index contributed by atoms with van der Waals surface area (Å²) < 4.78 is 6.59. The van der Waals surface area contributed by atoms with Crippen molar-refractivity contribution in [2.45, 2.75) is 39.2 Å². The first-order valence-corrected chi connectivity index (χ1v) is 7.77. The summed E-state index contributed by atoms with van der Waals surface area (Å²) in [5.74, 6) is 0. The Hall–Kier alpha value is -0.550. The third kappa shape index (κ3) is 3.26. The van der Waals surface area contributed by atoms with Crippen molar-refractivity contribution in [2.75, 3.05) is 13.1 Å². The number of thiophene rings is 1. The maximum Gasteiger partial charge on any atom is 0.410 e. The van der Waals surface area contributed by atoms with Crippen LogP contribution in [-0.4, -0.2) is 29.7 Å². The van der Waals surface area contributed by atoms with E-state index < -0.39 is 5.60 Å². The molecule has 0 radical (unpaired) electrons. The topological polar surface area (TPSA) is 29.5 Å². The van der Waals surface area contributed by atoms with E-state index in [9.17, 15) is 4.79 Å². The van der Waals surface area contributed by atoms with Crippen LogP contribution in [0.3, 0.4) is 0 Å². The summed E-state index contributed by atoms with van der Waals surface area (Å²) in [5, 5.41) is 2.13. The van der Waals surface area contributed by atoms with Gasteiger partial charge in [0.2, 0.25) is 0 Å². The lowest BCUT2D eigenvalue weighted by molar-refractivity contribution is 0.0258. The van der Waals surface area contributed by atoms with Gasteiger partial charge in [0.25, 0.3) is 0 Å². The zero-order valence-electron chi connectivity index (χ0n) is 11.0. The van der Waals surface area contributed by atoms with E-state index in [1.165, 1.54) is 14.9 Å². The van der Waals surface area contributed by atoms with E-state index in [1.807, 2.05) is 25.7 Å². The van der Waals surface area contributed by atoms with Crippen LogP contribution in [0.15, 0.2) is 9.85 Å². The van der Waals surface area contributed by atoms with Gasteiger partial charge in [-0.25, -0.2) is 4.79 Å². The van der Waals surface area contributed by atoms with Gasteiger partial charge in [-0.2, -0.15) is 0 Å². The number of amides is 1. The summed E-state index contributed by atoms with van der Waals surface area (Å²) in [5.41, 5.74) is 0.931. The van der Waals surface area contributed by atoms with Gasteiger partial charge < -0.3 is 9.64 Å². The number of rotatable bonds is 0. The highest BCUT2D eigenvalue weighted by molar-refractivity contribution is 9.10. The summed E-state index contributed by atoms with van der Waals surface area (Å²) in [7, 11) is 0. The molecule has 0 bridgehead atoms. The first kappa shape index (κ1) is 13.9. The van der Waals surface area contributed by atoms with Gasteiger partial charge in [0.1, 0.15) is 5.60 Å². The van der Waals surface area contributed by atoms with Gasteiger partial charge in [-0.1, -0.05) is 0 Å². The van der Waals surface area contributed by atoms with E-state index in [0.717, 1.165) is 25.9 Å². The van der Waals surface area contributed by atoms with Crippen LogP contribution >= 0.6 is 27.3 Å². The fourth-order valence-electron chi connectivity index (χ4n) is 1.97. The molecule has 2 heterocycles. The maximum absolute atomic E-state index is 12.0. The number of hydrogen-bond acceptors (Lipinski definition) is 3. The Bertz CT molecular complexity index is 450. The highest BCUT2D eigenvalue weighted by Crippen LogP contribution is 2.30. The van der Waals surface area contributed by atoms with Crippen LogP contribution in [0.4, 0.5) is 4.79 Å². The number of fused-ring (bicyclic) bond motifs is 1. The first-order valence-electron chi connectivity index (χ1n) is 6.09. The van der Waals surface area contributed by atoms with E-state index in [-0.39, 0.29) is 6.09 Å². The zero-order valence-corrected chi connectivity index (χ0v) is 13.4. The molecule has 0 fully saturated rings. The standard InChI is InChI=1S/C13H18BrNO2S/c1-13(2,3)17-12(16)15-6-4-9-10(14)8-18-11(9)5-7-15/h8H,4-7H2,1-3H3. The van der Waals surface area contributed by atoms with Crippen LogP contribution < -0.4 is 0 Å². The Labute approximate surface area is 120 Å². The van der Waals surface area contributed by atoms with Gasteiger partial charge in [-0.3, -0.25) is 0 Å². The zero-order chi connectivity index (χ0) is 13.3. The van der Waals surface area contributed by atoms with Crippen molar-refractivity contribution in [3.05, 3.63) is 20.3 Å². The quantitative estimate of drug-likeness (QED) is 0.722. The molecule has 1 aliphatic heterocycles. The molecule has 0 atom stereocenters. The lowest BCUT2D eigenvalue weighted by atomic mass is 10.2. The Kier molecular flexibility index (Phi) is 4.02. The average molecular weight is 332 g/mol. The fraction of sp³-hybridized carbons (Fsp3) is 0.615. The molecule has 1 amide bonds. The van der Waals surface area contributed by atoms with Gasteiger partial charge in [0.05, 0.1) is 0 Å². The molecule has 0 saturated heterocycles. The van der Waals surface area contributed by atoms with Crippen molar-refractivity contribution in [3.8, 4) is 0 Å². The Balaban J connectivity index is 2.02. The average Bonchev–Trinajstić information content (AvgIpc) is 2.48. The molecule has 1 aromatic heterocycles. The van der Waals surface area contributed by atoms with Crippen LogP contribution in [0.25, 0.3) is 0 Å². The summed E-state index contributed by atoms with van der Waals surface area (Å²) in [6.45, 7) is 7.18. The minimum absolute atomic E-state index is 0.200. The lowest BCUT2D eigenvalue weighted by Crippen LogP contribution is -2.38. The number of carbonyl (C=O) groups excluding carboxylic acids is 1. The minimum Gasteiger partial charge on any atom is -0.444 e. The predicted molar refractivity (Wildman–Crippen MR) is 77.2 cm³/mol. The highest BCUT2D eigenvalue weighted by Gasteiger charge is 2.25. The van der Waals surface area contributed by atoms with Gasteiger partial charge >= 0.3 is 6.09 Å². The van der Waals surface area contributed by atoms with E-state index in [1.54, 1.807) is 11.3 Å². The molecule has 0 saturated carbocycles. The van der Waals surface area contributed by atoms with Gasteiger partial charge in [0, 0.05) is 27.8 Å². The van der Waals surface area contributed by atoms with Crippen molar-refractivity contribution in [1.29, 1.82) is 0 Å². The second-order valence-electron chi connectivity index (χ2n) is 5.45. The number of ether oxygens (including phenoxy) is 1. The monoisotopic (exact) mass is 331 g/mol. The van der Waals surface area contributed by atoms with Gasteiger partial charge in [-0.05, 0) is 55.1 Å². The summed E-state index contributed by atoms with van der Waals surface area (Å²) in [6.07, 6.45) is 1.62. The SMILES string of the molecule is CC(C)(C)OC(=O)N1CCc2scc(Br)c2CC1. The molecule has 100 valence electrons. The minimum atomic E-state index is -0.422. The summed E-state index contributed by atoms with van der Waals surface area (Å²) in [4.78, 5) is 15.2. The molecule has 0 aliphatic carbocycles. The fourth-order valence-corrected chi connectivity index (χ4v) is 3.77. The molecule has 0 spiro atoms. The van der Waals surface area contributed by atoms with Crippen LogP contribution in [0.5, 0.6) is 0 Å². The second kappa shape index (κ2) is 5.21. The molecule has 1 aliphatic rings. The molecule has 3 nitrogen and oxygen atoms in total. The lowest BCUT2D eigenvalue weighted by Gasteiger charge is -2.26. The molecular formula is C13H18BrNO2S. The number of carbonyl (C=O) groups is 1. The van der Waals surface area contributed by atoms with Crippen molar-refractivity contribution in [1.82, 2.24) is 4.90 Å². The van der Waals surface area contributed by atoms with Crippen molar-refractivity contribution >= 4 is 33.4 Å². The molecule has 18 heavy (non-hydrogen) atoms. The van der Waals surface area contributed by atoms with Crippen LogP contribution in [0.2, 0.25) is 0 Å². The number of halogens is 1. The summed E-state index contributed by atoms with van der Waals surface area (Å²) in [6, 6.07) is 0. The molecule has 0 unspecified atom stereocenters. The van der Waals surface area contributed by atoms with E-state index in [2.05, 4.69) is 21.3 Å². The molecule has 2 rings (SSSR count). The Morgan fingerprint density at radius 1 is 1.39 bits per heavy atom. The Morgan fingerprint density at radius 3 is 2.72 bits per heavy atom. The second-order valence-corrected chi connectivity index (χ2v) is 7.27. The van der Waals surface area contributed by atoms with Crippen molar-refractivity contribution < 1.29 is 9.53 Å². The van der Waals surface area contributed by atoms with Crippen molar-refractivity contribution in [3.63, 3.8) is 0 Å². The molecule has 0 N–H and O–H groups in total. The van der Waals surface area contributed by atoms with Crippen LogP contribution in [-0.2, 0) is 17.6 Å². The third-order valence-electron chi connectivity index (χ3n) is 2.82. The molecule has 5 heteroatoms. The Morgan fingerprint density at radius 2 is 2.06 bits per heavy atom. The highest BCUT2D eigenvalue weighted by atomic mass is 79.9. The number of nitrogens with zero attached hydrogens (tertiary/aromatic N) is 1. The van der Waals surface area contributed by atoms with E-state index in [4.69, 9.17) is 4.74 Å². The van der Waals surface area contributed by atoms with E-state index in [0.29, 0.717) is 0 Å². The van der Waals surface area contributed by atoms with Gasteiger partial charge in [-0.15, -0.1) is 11.3 Å². The van der Waals surface area contributed by atoms with Gasteiger partial charge in [0.15, 0.2) is 0 Å². The first-order chi connectivity index (χ1) is 8.37. The third-order valence-corrected chi connectivity index (χ3v) is 4.92. The summed E-state index contributed by atoms with van der Waals surface area (Å²) >= 11 is 5.33. The van der Waals surface area contributed by atoms with E-state index >= 15 is 0 Å². The largest absolute Gasteiger partial charge is 0.444 e. The van der Waals surface area contributed by atoms with Crippen molar-refractivity contribution in [2.24, 2.45) is 0 Å². The maximum atomic E-state index is 12.0. The number of hydrogen-bond donors (Lipinski definition) is 0. The van der Waals surface area contributed by atoms with Crippen LogP contribution in [0.1, 0.15) is 31.2 Å². The predicted octanol–water partition coefficient (Wildman–Crippen LogP) is 3.85.